The molecular weight excluding hydrogens is 234 g/mol. The Kier molecular flexibility index (Phi) is 4.30. The van der Waals surface area contributed by atoms with E-state index in [1.54, 1.807) is 0 Å². The molecule has 0 radical (unpaired) electrons. The first-order valence-electron chi connectivity index (χ1n) is 6.34. The third-order valence-corrected chi connectivity index (χ3v) is 3.70. The van der Waals surface area contributed by atoms with E-state index in [2.05, 4.69) is 12.2 Å². The fraction of sp³-hybridized carbons (Fsp3) is 0.571. The highest BCUT2D eigenvalue weighted by molar-refractivity contribution is 6.30. The SMILES string of the molecule is CNC(C)c1cc(Cl)ccc1OC1CCCC1. The van der Waals surface area contributed by atoms with E-state index in [1.807, 2.05) is 25.2 Å². The van der Waals surface area contributed by atoms with Crippen molar-refractivity contribution in [2.45, 2.75) is 44.8 Å². The topological polar surface area (TPSA) is 21.3 Å². The van der Waals surface area contributed by atoms with Gasteiger partial charge < -0.3 is 10.1 Å². The normalized spacial score (nSPS) is 18.3. The van der Waals surface area contributed by atoms with E-state index in [1.165, 1.54) is 25.7 Å². The second kappa shape index (κ2) is 5.74. The van der Waals surface area contributed by atoms with E-state index >= 15 is 0 Å². The minimum Gasteiger partial charge on any atom is -0.490 e. The van der Waals surface area contributed by atoms with Gasteiger partial charge in [0.2, 0.25) is 0 Å². The average molecular weight is 254 g/mol. The first-order valence-corrected chi connectivity index (χ1v) is 6.72. The van der Waals surface area contributed by atoms with Gasteiger partial charge in [-0.3, -0.25) is 0 Å². The summed E-state index contributed by atoms with van der Waals surface area (Å²) in [4.78, 5) is 0. The van der Waals surface area contributed by atoms with E-state index < -0.39 is 0 Å². The summed E-state index contributed by atoms with van der Waals surface area (Å²) in [5.41, 5.74) is 1.15. The molecule has 1 aromatic carbocycles. The van der Waals surface area contributed by atoms with Gasteiger partial charge in [-0.2, -0.15) is 0 Å². The summed E-state index contributed by atoms with van der Waals surface area (Å²) in [5.74, 6) is 0.975. The molecule has 2 rings (SSSR count). The number of halogens is 1. The molecule has 1 fully saturated rings. The maximum atomic E-state index is 6.09. The number of hydrogen-bond donors (Lipinski definition) is 1. The fourth-order valence-corrected chi connectivity index (χ4v) is 2.49. The van der Waals surface area contributed by atoms with Crippen molar-refractivity contribution in [2.24, 2.45) is 0 Å². The first-order chi connectivity index (χ1) is 8.20. The lowest BCUT2D eigenvalue weighted by molar-refractivity contribution is 0.206. The van der Waals surface area contributed by atoms with E-state index in [4.69, 9.17) is 16.3 Å². The molecule has 1 unspecified atom stereocenters. The second-order valence-corrected chi connectivity index (χ2v) is 5.15. The quantitative estimate of drug-likeness (QED) is 0.878. The molecule has 1 aliphatic carbocycles. The van der Waals surface area contributed by atoms with Crippen molar-refractivity contribution in [1.82, 2.24) is 5.32 Å². The molecule has 0 amide bonds. The van der Waals surface area contributed by atoms with Gasteiger partial charge in [-0.15, -0.1) is 0 Å². The number of nitrogens with one attached hydrogen (secondary N) is 1. The molecular formula is C14H20ClNO. The standard InChI is InChI=1S/C14H20ClNO/c1-10(16-2)13-9-11(15)7-8-14(13)17-12-5-3-4-6-12/h7-10,12,16H,3-6H2,1-2H3. The predicted octanol–water partition coefficient (Wildman–Crippen LogP) is 3.94. The van der Waals surface area contributed by atoms with Gasteiger partial charge in [0.05, 0.1) is 6.10 Å². The Morgan fingerprint density at radius 1 is 1.35 bits per heavy atom. The Balaban J connectivity index is 2.19. The maximum absolute atomic E-state index is 6.09. The van der Waals surface area contributed by atoms with Gasteiger partial charge >= 0.3 is 0 Å². The monoisotopic (exact) mass is 253 g/mol. The Hall–Kier alpha value is -0.730. The van der Waals surface area contributed by atoms with Crippen LogP contribution in [0.5, 0.6) is 5.75 Å². The Morgan fingerprint density at radius 2 is 2.06 bits per heavy atom. The van der Waals surface area contributed by atoms with Gasteiger partial charge in [0.25, 0.3) is 0 Å². The average Bonchev–Trinajstić information content (AvgIpc) is 2.83. The minimum atomic E-state index is 0.255. The van der Waals surface area contributed by atoms with Gasteiger partial charge in [-0.05, 0) is 57.9 Å². The van der Waals surface area contributed by atoms with Gasteiger partial charge in [-0.25, -0.2) is 0 Å². The van der Waals surface area contributed by atoms with Crippen LogP contribution in [0.4, 0.5) is 0 Å². The number of rotatable bonds is 4. The highest BCUT2D eigenvalue weighted by Gasteiger charge is 2.19. The van der Waals surface area contributed by atoms with Gasteiger partial charge in [-0.1, -0.05) is 11.6 Å². The summed E-state index contributed by atoms with van der Waals surface area (Å²) in [6.45, 7) is 2.12. The lowest BCUT2D eigenvalue weighted by atomic mass is 10.1. The smallest absolute Gasteiger partial charge is 0.124 e. The predicted molar refractivity (Wildman–Crippen MR) is 71.8 cm³/mol. The van der Waals surface area contributed by atoms with Crippen LogP contribution in [0.2, 0.25) is 5.02 Å². The molecule has 0 aliphatic heterocycles. The van der Waals surface area contributed by atoms with Crippen LogP contribution in [0.3, 0.4) is 0 Å². The summed E-state index contributed by atoms with van der Waals surface area (Å²) in [5, 5.41) is 4.00. The molecule has 1 N–H and O–H groups in total. The summed E-state index contributed by atoms with van der Waals surface area (Å²) in [6, 6.07) is 6.14. The third-order valence-electron chi connectivity index (χ3n) is 3.47. The van der Waals surface area contributed by atoms with Crippen LogP contribution >= 0.6 is 11.6 Å². The molecule has 17 heavy (non-hydrogen) atoms. The van der Waals surface area contributed by atoms with Crippen LogP contribution in [0.25, 0.3) is 0 Å². The van der Waals surface area contributed by atoms with Gasteiger partial charge in [0.15, 0.2) is 0 Å². The van der Waals surface area contributed by atoms with Crippen LogP contribution in [-0.2, 0) is 0 Å². The zero-order valence-electron chi connectivity index (χ0n) is 10.5. The van der Waals surface area contributed by atoms with Crippen LogP contribution in [0, 0.1) is 0 Å². The Bertz CT molecular complexity index is 374. The minimum absolute atomic E-state index is 0.255. The van der Waals surface area contributed by atoms with Crippen molar-refractivity contribution < 1.29 is 4.74 Å². The molecule has 3 heteroatoms. The summed E-state index contributed by atoms with van der Waals surface area (Å²) >= 11 is 6.05. The van der Waals surface area contributed by atoms with Crippen molar-refractivity contribution in [2.75, 3.05) is 7.05 Å². The third kappa shape index (κ3) is 3.14. The van der Waals surface area contributed by atoms with Crippen LogP contribution in [0.1, 0.15) is 44.2 Å². The zero-order valence-corrected chi connectivity index (χ0v) is 11.3. The molecule has 0 saturated heterocycles. The first kappa shape index (κ1) is 12.7. The zero-order chi connectivity index (χ0) is 12.3. The van der Waals surface area contributed by atoms with E-state index in [9.17, 15) is 0 Å². The molecule has 2 nitrogen and oxygen atoms in total. The largest absolute Gasteiger partial charge is 0.490 e. The second-order valence-electron chi connectivity index (χ2n) is 4.72. The van der Waals surface area contributed by atoms with E-state index in [0.717, 1.165) is 16.3 Å². The molecule has 0 spiro atoms. The Labute approximate surface area is 108 Å². The molecule has 94 valence electrons. The molecule has 1 atom stereocenters. The van der Waals surface area contributed by atoms with E-state index in [-0.39, 0.29) is 6.04 Å². The van der Waals surface area contributed by atoms with Crippen molar-refractivity contribution in [3.63, 3.8) is 0 Å². The molecule has 1 saturated carbocycles. The number of ether oxygens (including phenoxy) is 1. The van der Waals surface area contributed by atoms with Gasteiger partial charge in [0, 0.05) is 16.6 Å². The van der Waals surface area contributed by atoms with Crippen molar-refractivity contribution in [3.05, 3.63) is 28.8 Å². The molecule has 0 bridgehead atoms. The maximum Gasteiger partial charge on any atom is 0.124 e. The lowest BCUT2D eigenvalue weighted by Crippen LogP contribution is -2.17. The lowest BCUT2D eigenvalue weighted by Gasteiger charge is -2.20. The summed E-state index contributed by atoms with van der Waals surface area (Å²) < 4.78 is 6.09. The molecule has 0 aromatic heterocycles. The molecule has 1 aromatic rings. The van der Waals surface area contributed by atoms with Gasteiger partial charge in [0.1, 0.15) is 5.75 Å². The summed E-state index contributed by atoms with van der Waals surface area (Å²) in [6.07, 6.45) is 5.31. The van der Waals surface area contributed by atoms with Crippen molar-refractivity contribution in [3.8, 4) is 5.75 Å². The Morgan fingerprint density at radius 3 is 2.71 bits per heavy atom. The number of hydrogen-bond acceptors (Lipinski definition) is 2. The molecule has 1 aliphatic rings. The fourth-order valence-electron chi connectivity index (χ4n) is 2.31. The van der Waals surface area contributed by atoms with Crippen LogP contribution in [-0.4, -0.2) is 13.2 Å². The number of benzene rings is 1. The van der Waals surface area contributed by atoms with Crippen molar-refractivity contribution >= 4 is 11.6 Å². The highest BCUT2D eigenvalue weighted by Crippen LogP contribution is 2.31. The van der Waals surface area contributed by atoms with Crippen LogP contribution in [0.15, 0.2) is 18.2 Å². The highest BCUT2D eigenvalue weighted by atomic mass is 35.5. The summed E-state index contributed by atoms with van der Waals surface area (Å²) in [7, 11) is 1.95. The van der Waals surface area contributed by atoms with Crippen LogP contribution < -0.4 is 10.1 Å². The van der Waals surface area contributed by atoms with Crippen molar-refractivity contribution in [1.29, 1.82) is 0 Å². The molecule has 0 heterocycles. The van der Waals surface area contributed by atoms with E-state index in [0.29, 0.717) is 6.10 Å².